The van der Waals surface area contributed by atoms with E-state index in [0.29, 0.717) is 17.2 Å². The van der Waals surface area contributed by atoms with E-state index in [2.05, 4.69) is 4.98 Å². The SMILES string of the molecule is COc1cc(OC2CCCCC2)cnc1C#N. The van der Waals surface area contributed by atoms with Crippen LogP contribution in [-0.4, -0.2) is 18.2 Å². The standard InChI is InChI=1S/C13H16N2O2/c1-16-13-7-11(9-15-12(13)8-14)17-10-5-3-2-4-6-10/h7,9-10H,2-6H2,1H3. The number of hydrogen-bond acceptors (Lipinski definition) is 4. The van der Waals surface area contributed by atoms with Crippen LogP contribution >= 0.6 is 0 Å². The Morgan fingerprint density at radius 2 is 2.12 bits per heavy atom. The van der Waals surface area contributed by atoms with Crippen molar-refractivity contribution in [2.24, 2.45) is 0 Å². The van der Waals surface area contributed by atoms with E-state index < -0.39 is 0 Å². The number of nitrogens with zero attached hydrogens (tertiary/aromatic N) is 2. The molecule has 0 unspecified atom stereocenters. The molecule has 17 heavy (non-hydrogen) atoms. The second-order valence-electron chi connectivity index (χ2n) is 4.21. The van der Waals surface area contributed by atoms with E-state index in [1.165, 1.54) is 26.4 Å². The van der Waals surface area contributed by atoms with Crippen molar-refractivity contribution in [3.63, 3.8) is 0 Å². The molecular weight excluding hydrogens is 216 g/mol. The Morgan fingerprint density at radius 3 is 2.76 bits per heavy atom. The number of hydrogen-bond donors (Lipinski definition) is 0. The number of ether oxygens (including phenoxy) is 2. The third kappa shape index (κ3) is 2.88. The minimum atomic E-state index is 0.281. The zero-order chi connectivity index (χ0) is 12.1. The summed E-state index contributed by atoms with van der Waals surface area (Å²) in [6.07, 6.45) is 7.83. The molecule has 1 heterocycles. The number of pyridine rings is 1. The number of rotatable bonds is 3. The van der Waals surface area contributed by atoms with Gasteiger partial charge in [0.05, 0.1) is 19.4 Å². The Bertz CT molecular complexity index is 420. The molecular formula is C13H16N2O2. The Morgan fingerprint density at radius 1 is 1.35 bits per heavy atom. The highest BCUT2D eigenvalue weighted by Crippen LogP contribution is 2.26. The minimum Gasteiger partial charge on any atom is -0.494 e. The molecule has 2 rings (SSSR count). The molecule has 0 aliphatic heterocycles. The van der Waals surface area contributed by atoms with Gasteiger partial charge in [-0.3, -0.25) is 0 Å². The van der Waals surface area contributed by atoms with Gasteiger partial charge in [-0.2, -0.15) is 5.26 Å². The lowest BCUT2D eigenvalue weighted by Crippen LogP contribution is -2.19. The van der Waals surface area contributed by atoms with Crippen molar-refractivity contribution in [2.45, 2.75) is 38.2 Å². The summed E-state index contributed by atoms with van der Waals surface area (Å²) < 4.78 is 10.9. The van der Waals surface area contributed by atoms with E-state index >= 15 is 0 Å². The molecule has 0 radical (unpaired) electrons. The van der Waals surface area contributed by atoms with Crippen molar-refractivity contribution < 1.29 is 9.47 Å². The molecule has 0 amide bonds. The largest absolute Gasteiger partial charge is 0.494 e. The van der Waals surface area contributed by atoms with Crippen LogP contribution in [0.4, 0.5) is 0 Å². The van der Waals surface area contributed by atoms with E-state index in [-0.39, 0.29) is 6.10 Å². The summed E-state index contributed by atoms with van der Waals surface area (Å²) in [7, 11) is 1.53. The van der Waals surface area contributed by atoms with Gasteiger partial charge in [-0.05, 0) is 25.7 Å². The highest BCUT2D eigenvalue weighted by molar-refractivity contribution is 5.41. The van der Waals surface area contributed by atoms with Gasteiger partial charge in [0, 0.05) is 6.07 Å². The van der Waals surface area contributed by atoms with E-state index in [4.69, 9.17) is 14.7 Å². The van der Waals surface area contributed by atoms with Crippen LogP contribution in [0.15, 0.2) is 12.3 Å². The van der Waals surface area contributed by atoms with Crippen molar-refractivity contribution in [1.29, 1.82) is 5.26 Å². The van der Waals surface area contributed by atoms with Gasteiger partial charge < -0.3 is 9.47 Å². The second-order valence-corrected chi connectivity index (χ2v) is 4.21. The van der Waals surface area contributed by atoms with Crippen molar-refractivity contribution in [2.75, 3.05) is 7.11 Å². The minimum absolute atomic E-state index is 0.281. The van der Waals surface area contributed by atoms with Crippen LogP contribution in [0.1, 0.15) is 37.8 Å². The summed E-state index contributed by atoms with van der Waals surface area (Å²) in [6, 6.07) is 3.72. The lowest BCUT2D eigenvalue weighted by molar-refractivity contribution is 0.154. The maximum atomic E-state index is 8.83. The molecule has 0 spiro atoms. The highest BCUT2D eigenvalue weighted by atomic mass is 16.5. The first-order valence-electron chi connectivity index (χ1n) is 5.94. The average molecular weight is 232 g/mol. The van der Waals surface area contributed by atoms with Gasteiger partial charge in [0.15, 0.2) is 11.4 Å². The number of nitriles is 1. The summed E-state index contributed by atoms with van der Waals surface area (Å²) >= 11 is 0. The van der Waals surface area contributed by atoms with Gasteiger partial charge in [-0.25, -0.2) is 4.98 Å². The lowest BCUT2D eigenvalue weighted by atomic mass is 9.98. The first-order chi connectivity index (χ1) is 8.33. The topological polar surface area (TPSA) is 55.1 Å². The maximum absolute atomic E-state index is 8.83. The first kappa shape index (κ1) is 11.7. The Kier molecular flexibility index (Phi) is 3.81. The van der Waals surface area contributed by atoms with Crippen LogP contribution in [-0.2, 0) is 0 Å². The summed E-state index contributed by atoms with van der Waals surface area (Å²) in [4.78, 5) is 4.02. The second kappa shape index (κ2) is 5.53. The van der Waals surface area contributed by atoms with Crippen molar-refractivity contribution in [1.82, 2.24) is 4.98 Å². The molecule has 0 aromatic carbocycles. The van der Waals surface area contributed by atoms with Crippen LogP contribution in [0.25, 0.3) is 0 Å². The van der Waals surface area contributed by atoms with E-state index in [1.807, 2.05) is 6.07 Å². The molecule has 4 nitrogen and oxygen atoms in total. The first-order valence-corrected chi connectivity index (χ1v) is 5.94. The van der Waals surface area contributed by atoms with E-state index in [0.717, 1.165) is 12.8 Å². The fraction of sp³-hybridized carbons (Fsp3) is 0.538. The van der Waals surface area contributed by atoms with E-state index in [9.17, 15) is 0 Å². The monoisotopic (exact) mass is 232 g/mol. The lowest BCUT2D eigenvalue weighted by Gasteiger charge is -2.22. The van der Waals surface area contributed by atoms with Crippen molar-refractivity contribution in [3.05, 3.63) is 18.0 Å². The molecule has 1 aromatic heterocycles. The quantitative estimate of drug-likeness (QED) is 0.804. The van der Waals surface area contributed by atoms with Crippen molar-refractivity contribution in [3.8, 4) is 17.6 Å². The molecule has 1 aliphatic rings. The Labute approximate surface area is 101 Å². The predicted octanol–water partition coefficient (Wildman–Crippen LogP) is 2.67. The third-order valence-corrected chi connectivity index (χ3v) is 3.01. The molecule has 1 saturated carbocycles. The summed E-state index contributed by atoms with van der Waals surface area (Å²) in [6.45, 7) is 0. The van der Waals surface area contributed by atoms with Gasteiger partial charge >= 0.3 is 0 Å². The molecule has 90 valence electrons. The average Bonchev–Trinajstić information content (AvgIpc) is 2.40. The number of methoxy groups -OCH3 is 1. The molecule has 0 N–H and O–H groups in total. The maximum Gasteiger partial charge on any atom is 0.182 e. The highest BCUT2D eigenvalue weighted by Gasteiger charge is 2.16. The fourth-order valence-electron chi connectivity index (χ4n) is 2.11. The Balaban J connectivity index is 2.08. The zero-order valence-electron chi connectivity index (χ0n) is 9.98. The van der Waals surface area contributed by atoms with Crippen LogP contribution in [0.3, 0.4) is 0 Å². The molecule has 1 fully saturated rings. The molecule has 4 heteroatoms. The van der Waals surface area contributed by atoms with Gasteiger partial charge in [0.2, 0.25) is 0 Å². The van der Waals surface area contributed by atoms with Crippen LogP contribution in [0.2, 0.25) is 0 Å². The Hall–Kier alpha value is -1.76. The number of aromatic nitrogens is 1. The van der Waals surface area contributed by atoms with Gasteiger partial charge in [-0.1, -0.05) is 6.42 Å². The molecule has 0 atom stereocenters. The van der Waals surface area contributed by atoms with Gasteiger partial charge in [0.1, 0.15) is 11.8 Å². The van der Waals surface area contributed by atoms with Crippen molar-refractivity contribution >= 4 is 0 Å². The smallest absolute Gasteiger partial charge is 0.182 e. The summed E-state index contributed by atoms with van der Waals surface area (Å²) in [5, 5.41) is 8.83. The zero-order valence-corrected chi connectivity index (χ0v) is 9.98. The van der Waals surface area contributed by atoms with Gasteiger partial charge in [0.25, 0.3) is 0 Å². The molecule has 1 aromatic rings. The summed E-state index contributed by atoms with van der Waals surface area (Å²) in [5.41, 5.74) is 0.295. The molecule has 0 saturated heterocycles. The van der Waals surface area contributed by atoms with E-state index in [1.54, 1.807) is 12.3 Å². The molecule has 0 bridgehead atoms. The van der Waals surface area contributed by atoms with Crippen LogP contribution < -0.4 is 9.47 Å². The third-order valence-electron chi connectivity index (χ3n) is 3.01. The molecule has 1 aliphatic carbocycles. The predicted molar refractivity (Wildman–Crippen MR) is 63.0 cm³/mol. The van der Waals surface area contributed by atoms with Gasteiger partial charge in [-0.15, -0.1) is 0 Å². The van der Waals surface area contributed by atoms with Crippen LogP contribution in [0, 0.1) is 11.3 Å². The summed E-state index contributed by atoms with van der Waals surface area (Å²) in [5.74, 6) is 1.16. The normalized spacial score (nSPS) is 16.2. The fourth-order valence-corrected chi connectivity index (χ4v) is 2.11. The van der Waals surface area contributed by atoms with Crippen LogP contribution in [0.5, 0.6) is 11.5 Å².